The summed E-state index contributed by atoms with van der Waals surface area (Å²) in [6.07, 6.45) is -1.24. The SMILES string of the molecule is CCOC(=O)C[C@H]1[C@H](OC(=O)c2ccc(C(=O)c3ccccc3)cc2)[C@@H](NC(=O)CC(C)C)c2cc(OCCCO)ccc2N1C(=O)c1ccc2ccccc2n1. The molecule has 1 aliphatic heterocycles. The minimum Gasteiger partial charge on any atom is -0.493 e. The van der Waals surface area contributed by atoms with Gasteiger partial charge in [0.1, 0.15) is 17.5 Å². The van der Waals surface area contributed by atoms with E-state index >= 15 is 0 Å². The number of nitrogens with zero attached hydrogens (tertiary/aromatic N) is 2. The molecular formula is C45H45N3O9. The van der Waals surface area contributed by atoms with E-state index in [0.29, 0.717) is 40.1 Å². The molecule has 57 heavy (non-hydrogen) atoms. The Kier molecular flexibility index (Phi) is 13.1. The molecule has 2 amide bonds. The Morgan fingerprint density at radius 1 is 0.842 bits per heavy atom. The highest BCUT2D eigenvalue weighted by Crippen LogP contribution is 2.43. The molecule has 4 aromatic carbocycles. The van der Waals surface area contributed by atoms with Crippen molar-refractivity contribution in [2.24, 2.45) is 5.92 Å². The number of benzene rings is 4. The summed E-state index contributed by atoms with van der Waals surface area (Å²) in [7, 11) is 0. The number of carbonyl (C=O) groups excluding carboxylic acids is 5. The van der Waals surface area contributed by atoms with Gasteiger partial charge >= 0.3 is 11.9 Å². The minimum atomic E-state index is -1.34. The smallest absolute Gasteiger partial charge is 0.338 e. The molecule has 2 heterocycles. The van der Waals surface area contributed by atoms with E-state index in [-0.39, 0.29) is 55.1 Å². The average molecular weight is 772 g/mol. The summed E-state index contributed by atoms with van der Waals surface area (Å²) in [6, 6.07) is 28.1. The van der Waals surface area contributed by atoms with Gasteiger partial charge in [-0.2, -0.15) is 0 Å². The van der Waals surface area contributed by atoms with Crippen LogP contribution < -0.4 is 15.0 Å². The lowest BCUT2D eigenvalue weighted by molar-refractivity contribution is -0.144. The van der Waals surface area contributed by atoms with Crippen LogP contribution in [0.5, 0.6) is 5.75 Å². The van der Waals surface area contributed by atoms with Crippen molar-refractivity contribution in [1.82, 2.24) is 10.3 Å². The number of fused-ring (bicyclic) bond motifs is 2. The summed E-state index contributed by atoms with van der Waals surface area (Å²) in [5.74, 6) is -2.26. The number of carbonyl (C=O) groups is 5. The molecule has 0 bridgehead atoms. The van der Waals surface area contributed by atoms with Gasteiger partial charge in [0.05, 0.1) is 48.5 Å². The van der Waals surface area contributed by atoms with Crippen LogP contribution in [0.15, 0.2) is 109 Å². The van der Waals surface area contributed by atoms with Crippen LogP contribution in [0, 0.1) is 5.92 Å². The highest BCUT2D eigenvalue weighted by molar-refractivity contribution is 6.09. The van der Waals surface area contributed by atoms with Crippen LogP contribution in [-0.2, 0) is 19.1 Å². The quantitative estimate of drug-likeness (QED) is 0.0671. The van der Waals surface area contributed by atoms with Crippen LogP contribution in [0.3, 0.4) is 0 Å². The number of ketones is 1. The van der Waals surface area contributed by atoms with E-state index in [9.17, 15) is 29.1 Å². The monoisotopic (exact) mass is 771 g/mol. The fourth-order valence-electron chi connectivity index (χ4n) is 6.85. The summed E-state index contributed by atoms with van der Waals surface area (Å²) >= 11 is 0. The van der Waals surface area contributed by atoms with Crippen molar-refractivity contribution in [2.45, 2.75) is 58.2 Å². The predicted octanol–water partition coefficient (Wildman–Crippen LogP) is 6.64. The summed E-state index contributed by atoms with van der Waals surface area (Å²) in [5.41, 5.74) is 2.32. The van der Waals surface area contributed by atoms with E-state index in [4.69, 9.17) is 14.2 Å². The fourth-order valence-corrected chi connectivity index (χ4v) is 6.85. The zero-order chi connectivity index (χ0) is 40.5. The predicted molar refractivity (Wildman–Crippen MR) is 213 cm³/mol. The third-order valence-electron chi connectivity index (χ3n) is 9.49. The van der Waals surface area contributed by atoms with Crippen molar-refractivity contribution in [3.05, 3.63) is 137 Å². The van der Waals surface area contributed by atoms with Crippen molar-refractivity contribution >= 4 is 46.1 Å². The molecule has 294 valence electrons. The maximum absolute atomic E-state index is 14.8. The number of para-hydroxylation sites is 1. The Hall–Kier alpha value is -6.40. The molecule has 0 spiro atoms. The topological polar surface area (TPSA) is 161 Å². The molecule has 5 aromatic rings. The molecule has 1 aliphatic rings. The second-order valence-electron chi connectivity index (χ2n) is 14.1. The van der Waals surface area contributed by atoms with Gasteiger partial charge in [-0.05, 0) is 55.3 Å². The molecule has 6 rings (SSSR count). The van der Waals surface area contributed by atoms with Crippen LogP contribution in [0.4, 0.5) is 5.69 Å². The van der Waals surface area contributed by atoms with Gasteiger partial charge in [-0.15, -0.1) is 0 Å². The van der Waals surface area contributed by atoms with Gasteiger partial charge in [-0.25, -0.2) is 9.78 Å². The van der Waals surface area contributed by atoms with E-state index in [0.717, 1.165) is 5.39 Å². The van der Waals surface area contributed by atoms with Crippen LogP contribution in [0.1, 0.15) is 88.4 Å². The van der Waals surface area contributed by atoms with Crippen molar-refractivity contribution in [3.63, 3.8) is 0 Å². The first-order valence-corrected chi connectivity index (χ1v) is 19.0. The highest BCUT2D eigenvalue weighted by atomic mass is 16.5. The Morgan fingerprint density at radius 3 is 2.26 bits per heavy atom. The number of amides is 2. The number of aromatic nitrogens is 1. The molecular weight excluding hydrogens is 727 g/mol. The number of nitrogens with one attached hydrogen (secondary N) is 1. The van der Waals surface area contributed by atoms with Crippen LogP contribution in [-0.4, -0.2) is 71.6 Å². The zero-order valence-electron chi connectivity index (χ0n) is 32.1. The van der Waals surface area contributed by atoms with E-state index < -0.39 is 42.5 Å². The standard InChI is InChI=1S/C45H45N3O9/c1-4-55-40(51)27-38-43(57-45(54)32-17-15-31(16-18-32)42(52)30-12-6-5-7-13-30)41(47-39(50)25-28(2)3)34-26-33(56-24-10-23-49)20-22-37(34)48(38)44(53)36-21-19-29-11-8-9-14-35(29)46-36/h5-9,11-22,26,28,38,41,43,49H,4,10,23-25,27H2,1-3H3,(H,47,50)/t38-,41-,43-/m0/s1. The number of aliphatic hydroxyl groups is 1. The van der Waals surface area contributed by atoms with Gasteiger partial charge in [0, 0.05) is 41.5 Å². The molecule has 12 heteroatoms. The van der Waals surface area contributed by atoms with Crippen LogP contribution in [0.25, 0.3) is 10.9 Å². The first-order chi connectivity index (χ1) is 27.6. The van der Waals surface area contributed by atoms with Crippen molar-refractivity contribution in [2.75, 3.05) is 24.7 Å². The normalized spacial score (nSPS) is 16.1. The lowest BCUT2D eigenvalue weighted by Gasteiger charge is -2.45. The molecule has 0 saturated carbocycles. The van der Waals surface area contributed by atoms with Crippen molar-refractivity contribution in [3.8, 4) is 5.75 Å². The molecule has 2 N–H and O–H groups in total. The first kappa shape index (κ1) is 40.3. The van der Waals surface area contributed by atoms with Gasteiger partial charge < -0.3 is 24.6 Å². The molecule has 1 aromatic heterocycles. The molecule has 0 aliphatic carbocycles. The third kappa shape index (κ3) is 9.53. The molecule has 0 radical (unpaired) electrons. The second kappa shape index (κ2) is 18.5. The van der Waals surface area contributed by atoms with Crippen molar-refractivity contribution in [1.29, 1.82) is 0 Å². The largest absolute Gasteiger partial charge is 0.493 e. The second-order valence-corrected chi connectivity index (χ2v) is 14.1. The lowest BCUT2D eigenvalue weighted by atomic mass is 9.85. The zero-order valence-corrected chi connectivity index (χ0v) is 32.1. The highest BCUT2D eigenvalue weighted by Gasteiger charge is 2.48. The maximum atomic E-state index is 14.8. The summed E-state index contributed by atoms with van der Waals surface area (Å²) in [5, 5.41) is 13.2. The van der Waals surface area contributed by atoms with Crippen LogP contribution in [0.2, 0.25) is 0 Å². The lowest BCUT2D eigenvalue weighted by Crippen LogP contribution is -2.58. The Balaban J connectivity index is 1.47. The molecule has 0 unspecified atom stereocenters. The van der Waals surface area contributed by atoms with E-state index in [1.54, 1.807) is 67.6 Å². The molecule has 12 nitrogen and oxygen atoms in total. The van der Waals surface area contributed by atoms with Gasteiger partial charge in [0.2, 0.25) is 5.91 Å². The summed E-state index contributed by atoms with van der Waals surface area (Å²) in [4.78, 5) is 75.2. The molecule has 3 atom stereocenters. The van der Waals surface area contributed by atoms with Gasteiger partial charge in [0.15, 0.2) is 5.78 Å². The number of esters is 2. The van der Waals surface area contributed by atoms with E-state index in [2.05, 4.69) is 10.3 Å². The minimum absolute atomic E-state index is 0.0216. The fraction of sp³-hybridized carbons (Fsp3) is 0.289. The number of ether oxygens (including phenoxy) is 3. The number of aliphatic hydroxyl groups excluding tert-OH is 1. The Morgan fingerprint density at radius 2 is 1.54 bits per heavy atom. The summed E-state index contributed by atoms with van der Waals surface area (Å²) < 4.78 is 17.6. The Bertz CT molecular complexity index is 2240. The van der Waals surface area contributed by atoms with Crippen molar-refractivity contribution < 1.29 is 43.3 Å². The van der Waals surface area contributed by atoms with Gasteiger partial charge in [-0.3, -0.25) is 24.1 Å². The first-order valence-electron chi connectivity index (χ1n) is 19.0. The maximum Gasteiger partial charge on any atom is 0.338 e. The number of hydrogen-bond donors (Lipinski definition) is 2. The summed E-state index contributed by atoms with van der Waals surface area (Å²) in [6.45, 7) is 5.61. The average Bonchev–Trinajstić information content (AvgIpc) is 3.21. The number of hydrogen-bond acceptors (Lipinski definition) is 10. The molecule has 0 fully saturated rings. The number of anilines is 1. The van der Waals surface area contributed by atoms with E-state index in [1.165, 1.54) is 29.2 Å². The Labute approximate surface area is 330 Å². The number of pyridine rings is 1. The number of rotatable bonds is 15. The van der Waals surface area contributed by atoms with Gasteiger partial charge in [-0.1, -0.05) is 80.6 Å². The van der Waals surface area contributed by atoms with Gasteiger partial charge in [0.25, 0.3) is 5.91 Å². The third-order valence-corrected chi connectivity index (χ3v) is 9.49. The molecule has 0 saturated heterocycles. The van der Waals surface area contributed by atoms with E-state index in [1.807, 2.05) is 38.1 Å². The van der Waals surface area contributed by atoms with Crippen LogP contribution >= 0.6 is 0 Å².